The van der Waals surface area contributed by atoms with Gasteiger partial charge in [0.25, 0.3) is 0 Å². The Labute approximate surface area is 138 Å². The minimum absolute atomic E-state index is 0.321. The highest BCUT2D eigenvalue weighted by atomic mass is 35.5. The number of benzene rings is 2. The predicted octanol–water partition coefficient (Wildman–Crippen LogP) is 5.11. The number of carbonyl (C=O) groups is 1. The van der Waals surface area contributed by atoms with Crippen molar-refractivity contribution in [3.8, 4) is 5.69 Å². The summed E-state index contributed by atoms with van der Waals surface area (Å²) in [5.41, 5.74) is 2.13. The van der Waals surface area contributed by atoms with Crippen LogP contribution in [0.25, 0.3) is 16.6 Å². The summed E-state index contributed by atoms with van der Waals surface area (Å²) < 4.78 is 6.98. The molecule has 1 heterocycles. The van der Waals surface area contributed by atoms with E-state index < -0.39 is 0 Å². The summed E-state index contributed by atoms with van der Waals surface area (Å²) >= 11 is 12.0. The van der Waals surface area contributed by atoms with E-state index in [-0.39, 0.29) is 5.97 Å². The Morgan fingerprint density at radius 2 is 1.73 bits per heavy atom. The van der Waals surface area contributed by atoms with Gasteiger partial charge < -0.3 is 9.30 Å². The number of aromatic nitrogens is 1. The number of ether oxygens (including phenoxy) is 1. The normalized spacial score (nSPS) is 10.9. The van der Waals surface area contributed by atoms with Gasteiger partial charge in [-0.1, -0.05) is 29.3 Å². The van der Waals surface area contributed by atoms with Gasteiger partial charge in [0.2, 0.25) is 0 Å². The molecule has 0 amide bonds. The lowest BCUT2D eigenvalue weighted by Crippen LogP contribution is -2.10. The molecule has 0 fully saturated rings. The predicted molar refractivity (Wildman–Crippen MR) is 89.3 cm³/mol. The Kier molecular flexibility index (Phi) is 4.10. The monoisotopic (exact) mass is 333 g/mol. The van der Waals surface area contributed by atoms with Crippen molar-refractivity contribution in [2.24, 2.45) is 0 Å². The van der Waals surface area contributed by atoms with Gasteiger partial charge in [0, 0.05) is 21.1 Å². The van der Waals surface area contributed by atoms with Crippen LogP contribution in [-0.2, 0) is 4.74 Å². The van der Waals surface area contributed by atoms with Crippen LogP contribution in [0.2, 0.25) is 10.0 Å². The number of carbonyl (C=O) groups excluding carboxylic acids is 1. The van der Waals surface area contributed by atoms with Gasteiger partial charge in [-0.15, -0.1) is 0 Å². The van der Waals surface area contributed by atoms with Crippen LogP contribution in [-0.4, -0.2) is 17.1 Å². The molecule has 1 aromatic heterocycles. The maximum Gasteiger partial charge on any atom is 0.355 e. The van der Waals surface area contributed by atoms with Gasteiger partial charge in [0.1, 0.15) is 5.69 Å². The molecular formula is C17H13Cl2NO2. The molecule has 0 saturated heterocycles. The smallest absolute Gasteiger partial charge is 0.355 e. The number of nitrogens with zero attached hydrogens (tertiary/aromatic N) is 1. The molecule has 0 unspecified atom stereocenters. The van der Waals surface area contributed by atoms with Gasteiger partial charge in [-0.3, -0.25) is 0 Å². The maximum absolute atomic E-state index is 12.3. The fourth-order valence-electron chi connectivity index (χ4n) is 2.40. The number of hydrogen-bond donors (Lipinski definition) is 0. The lowest BCUT2D eigenvalue weighted by Gasteiger charge is -2.10. The molecule has 0 saturated carbocycles. The van der Waals surface area contributed by atoms with E-state index in [2.05, 4.69) is 0 Å². The Bertz CT molecular complexity index is 838. The van der Waals surface area contributed by atoms with Crippen LogP contribution in [0.5, 0.6) is 0 Å². The Morgan fingerprint density at radius 1 is 1.05 bits per heavy atom. The van der Waals surface area contributed by atoms with Crippen molar-refractivity contribution in [2.45, 2.75) is 6.92 Å². The highest BCUT2D eigenvalue weighted by molar-refractivity contribution is 6.31. The summed E-state index contributed by atoms with van der Waals surface area (Å²) in [4.78, 5) is 12.3. The van der Waals surface area contributed by atoms with Gasteiger partial charge in [-0.05, 0) is 49.4 Å². The topological polar surface area (TPSA) is 31.2 Å². The largest absolute Gasteiger partial charge is 0.461 e. The molecule has 2 aromatic carbocycles. The van der Waals surface area contributed by atoms with Gasteiger partial charge >= 0.3 is 5.97 Å². The molecule has 0 atom stereocenters. The molecule has 0 radical (unpaired) electrons. The minimum atomic E-state index is -0.371. The molecule has 5 heteroatoms. The summed E-state index contributed by atoms with van der Waals surface area (Å²) in [7, 11) is 0. The van der Waals surface area contributed by atoms with Crippen LogP contribution in [0.4, 0.5) is 0 Å². The van der Waals surface area contributed by atoms with Crippen LogP contribution < -0.4 is 0 Å². The average Bonchev–Trinajstić information content (AvgIpc) is 2.87. The van der Waals surface area contributed by atoms with Gasteiger partial charge in [0.15, 0.2) is 0 Å². The second-order valence-corrected chi connectivity index (χ2v) is 5.64. The number of fused-ring (bicyclic) bond motifs is 1. The zero-order valence-electron chi connectivity index (χ0n) is 11.8. The summed E-state index contributed by atoms with van der Waals surface area (Å²) in [6.45, 7) is 2.10. The Hall–Kier alpha value is -1.97. The highest BCUT2D eigenvalue weighted by Gasteiger charge is 2.18. The molecule has 0 aliphatic carbocycles. The van der Waals surface area contributed by atoms with Gasteiger partial charge in [-0.2, -0.15) is 0 Å². The standard InChI is InChI=1S/C17H13Cl2NO2/c1-2-22-17(21)16-9-11-3-4-13(19)10-15(11)20(16)14-7-5-12(18)6-8-14/h3-10H,2H2,1H3. The van der Waals surface area contributed by atoms with Crippen molar-refractivity contribution in [1.82, 2.24) is 4.57 Å². The summed E-state index contributed by atoms with van der Waals surface area (Å²) in [6.07, 6.45) is 0. The van der Waals surface area contributed by atoms with E-state index in [1.54, 1.807) is 31.2 Å². The first-order chi connectivity index (χ1) is 10.6. The lowest BCUT2D eigenvalue weighted by atomic mass is 10.2. The molecule has 0 N–H and O–H groups in total. The van der Waals surface area contributed by atoms with E-state index in [9.17, 15) is 4.79 Å². The first kappa shape index (κ1) is 14.9. The number of rotatable bonds is 3. The molecule has 3 aromatic rings. The maximum atomic E-state index is 12.3. The van der Waals surface area contributed by atoms with Gasteiger partial charge in [-0.25, -0.2) is 4.79 Å². The molecule has 0 spiro atoms. The third-order valence-corrected chi connectivity index (χ3v) is 3.82. The summed E-state index contributed by atoms with van der Waals surface area (Å²) in [5.74, 6) is -0.371. The van der Waals surface area contributed by atoms with Gasteiger partial charge in [0.05, 0.1) is 12.1 Å². The van der Waals surface area contributed by atoms with Crippen molar-refractivity contribution in [3.63, 3.8) is 0 Å². The van der Waals surface area contributed by atoms with E-state index in [1.807, 2.05) is 28.8 Å². The molecular weight excluding hydrogens is 321 g/mol. The third kappa shape index (κ3) is 2.70. The van der Waals surface area contributed by atoms with Crippen LogP contribution in [0, 0.1) is 0 Å². The van der Waals surface area contributed by atoms with Crippen molar-refractivity contribution in [1.29, 1.82) is 0 Å². The molecule has 112 valence electrons. The van der Waals surface area contributed by atoms with Crippen molar-refractivity contribution < 1.29 is 9.53 Å². The van der Waals surface area contributed by atoms with Crippen LogP contribution >= 0.6 is 23.2 Å². The minimum Gasteiger partial charge on any atom is -0.461 e. The van der Waals surface area contributed by atoms with E-state index in [0.717, 1.165) is 16.6 Å². The van der Waals surface area contributed by atoms with Crippen molar-refractivity contribution in [2.75, 3.05) is 6.61 Å². The first-order valence-corrected chi connectivity index (χ1v) is 7.60. The molecule has 0 aliphatic heterocycles. The fourth-order valence-corrected chi connectivity index (χ4v) is 2.69. The molecule has 22 heavy (non-hydrogen) atoms. The number of esters is 1. The van der Waals surface area contributed by atoms with Crippen LogP contribution in [0.1, 0.15) is 17.4 Å². The fraction of sp³-hybridized carbons (Fsp3) is 0.118. The second kappa shape index (κ2) is 6.03. The molecule has 3 rings (SSSR count). The van der Waals surface area contributed by atoms with Crippen molar-refractivity contribution >= 4 is 40.1 Å². The zero-order chi connectivity index (χ0) is 15.7. The first-order valence-electron chi connectivity index (χ1n) is 6.84. The SMILES string of the molecule is CCOC(=O)c1cc2ccc(Cl)cc2n1-c1ccc(Cl)cc1. The zero-order valence-corrected chi connectivity index (χ0v) is 13.4. The molecule has 3 nitrogen and oxygen atoms in total. The van der Waals surface area contributed by atoms with E-state index in [4.69, 9.17) is 27.9 Å². The Morgan fingerprint density at radius 3 is 2.41 bits per heavy atom. The van der Waals surface area contributed by atoms with Crippen LogP contribution in [0.15, 0.2) is 48.5 Å². The average molecular weight is 334 g/mol. The number of hydrogen-bond acceptors (Lipinski definition) is 2. The molecule has 0 bridgehead atoms. The second-order valence-electron chi connectivity index (χ2n) is 4.77. The Balaban J connectivity index is 2.27. The number of halogens is 2. The van der Waals surface area contributed by atoms with Crippen molar-refractivity contribution in [3.05, 3.63) is 64.3 Å². The van der Waals surface area contributed by atoms with E-state index in [1.165, 1.54) is 0 Å². The third-order valence-electron chi connectivity index (χ3n) is 3.34. The summed E-state index contributed by atoms with van der Waals surface area (Å²) in [5, 5.41) is 2.16. The lowest BCUT2D eigenvalue weighted by molar-refractivity contribution is 0.0517. The van der Waals surface area contributed by atoms with Crippen LogP contribution in [0.3, 0.4) is 0 Å². The summed E-state index contributed by atoms with van der Waals surface area (Å²) in [6, 6.07) is 14.6. The highest BCUT2D eigenvalue weighted by Crippen LogP contribution is 2.28. The molecule has 0 aliphatic rings. The quantitative estimate of drug-likeness (QED) is 0.623. The van der Waals surface area contributed by atoms with E-state index >= 15 is 0 Å². The van der Waals surface area contributed by atoms with E-state index in [0.29, 0.717) is 22.3 Å².